The number of thiocarbonyl (C=S) groups is 1. The Morgan fingerprint density at radius 3 is 2.50 bits per heavy atom. The molecule has 0 aromatic heterocycles. The number of nitrogens with two attached hydrogens (primary N) is 1. The molecule has 0 aliphatic heterocycles. The van der Waals surface area contributed by atoms with Crippen LogP contribution in [0.25, 0.3) is 0 Å². The summed E-state index contributed by atoms with van der Waals surface area (Å²) in [5.41, 5.74) is 5.26. The first kappa shape index (κ1) is 9.71. The minimum absolute atomic E-state index is 0.146. The minimum Gasteiger partial charge on any atom is -0.392 e. The third-order valence-electron chi connectivity index (χ3n) is 0.904. The standard InChI is InChI=1S/C5H10N2OS2/c1-3(8)7-4(2-9)5(6)10/h4,9H,2H2,1H3,(H2,6,10)(H,7,8). The Labute approximate surface area is 70.8 Å². The normalized spacial score (nSPS) is 12.2. The highest BCUT2D eigenvalue weighted by atomic mass is 32.1. The number of rotatable bonds is 3. The molecule has 1 amide bonds. The molecule has 0 aromatic carbocycles. The van der Waals surface area contributed by atoms with Crippen LogP contribution >= 0.6 is 24.8 Å². The van der Waals surface area contributed by atoms with E-state index in [2.05, 4.69) is 30.2 Å². The molecule has 10 heavy (non-hydrogen) atoms. The molecule has 3 nitrogen and oxygen atoms in total. The van der Waals surface area contributed by atoms with E-state index in [0.29, 0.717) is 5.75 Å². The van der Waals surface area contributed by atoms with Crippen LogP contribution in [0.1, 0.15) is 6.92 Å². The van der Waals surface area contributed by atoms with Crippen molar-refractivity contribution in [2.24, 2.45) is 5.73 Å². The lowest BCUT2D eigenvalue weighted by Gasteiger charge is -2.12. The van der Waals surface area contributed by atoms with E-state index in [9.17, 15) is 4.79 Å². The van der Waals surface area contributed by atoms with Gasteiger partial charge in [-0.3, -0.25) is 4.79 Å². The van der Waals surface area contributed by atoms with Crippen molar-refractivity contribution in [3.63, 3.8) is 0 Å². The van der Waals surface area contributed by atoms with Crippen LogP contribution in [0.5, 0.6) is 0 Å². The number of thiol groups is 1. The Morgan fingerprint density at radius 1 is 1.90 bits per heavy atom. The predicted octanol–water partition coefficient (Wildman–Crippen LogP) is -0.293. The average Bonchev–Trinajstić information content (AvgIpc) is 1.81. The second-order valence-corrected chi connectivity index (χ2v) is 2.67. The lowest BCUT2D eigenvalue weighted by atomic mass is 10.3. The van der Waals surface area contributed by atoms with Gasteiger partial charge in [-0.2, -0.15) is 12.6 Å². The lowest BCUT2D eigenvalue weighted by Crippen LogP contribution is -2.43. The molecule has 0 fully saturated rings. The van der Waals surface area contributed by atoms with Crippen LogP contribution in [0.2, 0.25) is 0 Å². The molecule has 1 atom stereocenters. The molecule has 58 valence electrons. The summed E-state index contributed by atoms with van der Waals surface area (Å²) in [5.74, 6) is 0.293. The summed E-state index contributed by atoms with van der Waals surface area (Å²) >= 11 is 8.60. The number of amides is 1. The van der Waals surface area contributed by atoms with Crippen molar-refractivity contribution in [2.45, 2.75) is 13.0 Å². The van der Waals surface area contributed by atoms with E-state index in [1.165, 1.54) is 6.92 Å². The molecule has 1 unspecified atom stereocenters. The highest BCUT2D eigenvalue weighted by molar-refractivity contribution is 7.81. The maximum absolute atomic E-state index is 10.5. The summed E-state index contributed by atoms with van der Waals surface area (Å²) in [6.45, 7) is 1.41. The van der Waals surface area contributed by atoms with E-state index in [1.807, 2.05) is 0 Å². The second kappa shape index (κ2) is 4.51. The zero-order valence-corrected chi connectivity index (χ0v) is 7.34. The van der Waals surface area contributed by atoms with Crippen LogP contribution in [0, 0.1) is 0 Å². The van der Waals surface area contributed by atoms with E-state index < -0.39 is 0 Å². The fourth-order valence-corrected chi connectivity index (χ4v) is 1.01. The maximum Gasteiger partial charge on any atom is 0.217 e. The number of nitrogens with one attached hydrogen (secondary N) is 1. The summed E-state index contributed by atoms with van der Waals surface area (Å²) in [4.78, 5) is 10.7. The molecule has 0 spiro atoms. The van der Waals surface area contributed by atoms with Gasteiger partial charge in [0, 0.05) is 12.7 Å². The smallest absolute Gasteiger partial charge is 0.217 e. The van der Waals surface area contributed by atoms with Crippen LogP contribution in [0.15, 0.2) is 0 Å². The van der Waals surface area contributed by atoms with Crippen LogP contribution in [-0.4, -0.2) is 22.7 Å². The molecule has 0 bridgehead atoms. The molecule has 0 heterocycles. The van der Waals surface area contributed by atoms with Gasteiger partial charge in [0.05, 0.1) is 11.0 Å². The van der Waals surface area contributed by atoms with Crippen molar-refractivity contribution in [2.75, 3.05) is 5.75 Å². The Balaban J connectivity index is 3.83. The summed E-state index contributed by atoms with van der Waals surface area (Å²) < 4.78 is 0. The number of carbonyl (C=O) groups excluding carboxylic acids is 1. The van der Waals surface area contributed by atoms with E-state index in [-0.39, 0.29) is 16.9 Å². The molecular weight excluding hydrogens is 168 g/mol. The van der Waals surface area contributed by atoms with Gasteiger partial charge in [0.15, 0.2) is 0 Å². The molecule has 0 aliphatic carbocycles. The predicted molar refractivity (Wildman–Crippen MR) is 48.2 cm³/mol. The van der Waals surface area contributed by atoms with Crippen LogP contribution in [0.3, 0.4) is 0 Å². The number of hydrogen-bond acceptors (Lipinski definition) is 3. The van der Waals surface area contributed by atoms with E-state index in [0.717, 1.165) is 0 Å². The topological polar surface area (TPSA) is 55.1 Å². The van der Waals surface area contributed by atoms with Crippen LogP contribution in [0.4, 0.5) is 0 Å². The van der Waals surface area contributed by atoms with Gasteiger partial charge < -0.3 is 11.1 Å². The lowest BCUT2D eigenvalue weighted by molar-refractivity contribution is -0.119. The van der Waals surface area contributed by atoms with Gasteiger partial charge in [-0.15, -0.1) is 0 Å². The van der Waals surface area contributed by atoms with E-state index >= 15 is 0 Å². The van der Waals surface area contributed by atoms with Gasteiger partial charge in [-0.25, -0.2) is 0 Å². The van der Waals surface area contributed by atoms with Gasteiger partial charge in [0.2, 0.25) is 5.91 Å². The Hall–Kier alpha value is -0.290. The molecule has 0 radical (unpaired) electrons. The monoisotopic (exact) mass is 178 g/mol. The van der Waals surface area contributed by atoms with E-state index in [4.69, 9.17) is 5.73 Å². The molecule has 0 aromatic rings. The first-order valence-electron chi connectivity index (χ1n) is 2.75. The molecule has 0 saturated heterocycles. The van der Waals surface area contributed by atoms with Crippen LogP contribution < -0.4 is 11.1 Å². The molecule has 0 saturated carbocycles. The van der Waals surface area contributed by atoms with Crippen molar-refractivity contribution in [3.05, 3.63) is 0 Å². The summed E-state index contributed by atoms with van der Waals surface area (Å²) in [6.07, 6.45) is 0. The maximum atomic E-state index is 10.5. The number of hydrogen-bond donors (Lipinski definition) is 3. The van der Waals surface area contributed by atoms with Gasteiger partial charge >= 0.3 is 0 Å². The SMILES string of the molecule is CC(=O)NC(CS)C(N)=S. The second-order valence-electron chi connectivity index (χ2n) is 1.84. The van der Waals surface area contributed by atoms with Crippen molar-refractivity contribution in [1.29, 1.82) is 0 Å². The fraction of sp³-hybridized carbons (Fsp3) is 0.600. The quantitative estimate of drug-likeness (QED) is 0.411. The van der Waals surface area contributed by atoms with E-state index in [1.54, 1.807) is 0 Å². The molecule has 0 aliphatic rings. The van der Waals surface area contributed by atoms with Crippen molar-refractivity contribution in [1.82, 2.24) is 5.32 Å². The summed E-state index contributed by atoms with van der Waals surface area (Å²) in [6, 6.07) is -0.282. The van der Waals surface area contributed by atoms with Gasteiger partial charge in [-0.1, -0.05) is 12.2 Å². The third kappa shape index (κ3) is 3.68. The minimum atomic E-state index is -0.282. The molecule has 3 N–H and O–H groups in total. The third-order valence-corrected chi connectivity index (χ3v) is 1.55. The summed E-state index contributed by atoms with van der Waals surface area (Å²) in [7, 11) is 0. The highest BCUT2D eigenvalue weighted by Gasteiger charge is 2.09. The van der Waals surface area contributed by atoms with Crippen molar-refractivity contribution in [3.8, 4) is 0 Å². The highest BCUT2D eigenvalue weighted by Crippen LogP contribution is 1.87. The number of carbonyl (C=O) groups is 1. The average molecular weight is 178 g/mol. The zero-order chi connectivity index (χ0) is 8.15. The largest absolute Gasteiger partial charge is 0.392 e. The Bertz CT molecular complexity index is 149. The summed E-state index contributed by atoms with van der Waals surface area (Å²) in [5, 5.41) is 2.55. The zero-order valence-electron chi connectivity index (χ0n) is 5.63. The van der Waals surface area contributed by atoms with Crippen molar-refractivity contribution < 1.29 is 4.79 Å². The molecule has 0 rings (SSSR count). The first-order chi connectivity index (χ1) is 4.57. The van der Waals surface area contributed by atoms with Gasteiger partial charge in [0.1, 0.15) is 0 Å². The van der Waals surface area contributed by atoms with Crippen molar-refractivity contribution >= 4 is 35.7 Å². The Morgan fingerprint density at radius 2 is 2.40 bits per heavy atom. The van der Waals surface area contributed by atoms with Gasteiger partial charge in [-0.05, 0) is 0 Å². The first-order valence-corrected chi connectivity index (χ1v) is 3.79. The Kier molecular flexibility index (Phi) is 4.38. The molecular formula is C5H10N2OS2. The van der Waals surface area contributed by atoms with Gasteiger partial charge in [0.25, 0.3) is 0 Å². The van der Waals surface area contributed by atoms with Crippen LogP contribution in [-0.2, 0) is 4.79 Å². The fourth-order valence-electron chi connectivity index (χ4n) is 0.452. The molecule has 5 heteroatoms.